The molecule has 0 saturated heterocycles. The molecule has 2 aliphatic rings. The summed E-state index contributed by atoms with van der Waals surface area (Å²) >= 11 is 0. The third-order valence-electron chi connectivity index (χ3n) is 14.1. The lowest BCUT2D eigenvalue weighted by molar-refractivity contribution is 0.670. The average Bonchev–Trinajstić information content (AvgIpc) is 4.00. The summed E-state index contributed by atoms with van der Waals surface area (Å²) in [5, 5.41) is 6.93. The van der Waals surface area contributed by atoms with Crippen molar-refractivity contribution >= 4 is 94.4 Å². The molecule has 2 aliphatic carbocycles. The third-order valence-corrected chi connectivity index (χ3v) is 14.1. The topological polar surface area (TPSA) is 32.8 Å². The maximum Gasteiger partial charge on any atom is 0.159 e. The first-order valence-corrected chi connectivity index (χ1v) is 23.4. The molecule has 4 heteroatoms. The monoisotopic (exact) mass is 870 g/mol. The van der Waals surface area contributed by atoms with E-state index < -0.39 is 0 Å². The quantitative estimate of drug-likeness (QED) is 0.152. The summed E-state index contributed by atoms with van der Waals surface area (Å²) in [6.07, 6.45) is 6.50. The molecule has 0 unspecified atom stereocenters. The second kappa shape index (κ2) is 15.4. The van der Waals surface area contributed by atoms with Crippen LogP contribution in [-0.4, -0.2) is 0 Å². The van der Waals surface area contributed by atoms with Crippen LogP contribution >= 0.6 is 0 Å². The first-order chi connectivity index (χ1) is 33.8. The number of furan rings is 2. The zero-order valence-corrected chi connectivity index (χ0v) is 37.1. The van der Waals surface area contributed by atoms with Crippen LogP contribution in [0.4, 0.5) is 28.4 Å². The predicted molar refractivity (Wildman–Crippen MR) is 283 cm³/mol. The van der Waals surface area contributed by atoms with E-state index in [4.69, 9.17) is 8.83 Å². The minimum absolute atomic E-state index is 0.809. The van der Waals surface area contributed by atoms with Crippen LogP contribution in [0.2, 0.25) is 0 Å². The molecule has 0 N–H and O–H groups in total. The zero-order valence-electron chi connectivity index (χ0n) is 37.1. The van der Waals surface area contributed by atoms with Crippen molar-refractivity contribution in [2.75, 3.05) is 9.80 Å². The van der Waals surface area contributed by atoms with Crippen LogP contribution in [0.15, 0.2) is 239 Å². The first kappa shape index (κ1) is 38.4. The normalized spacial score (nSPS) is 13.1. The van der Waals surface area contributed by atoms with Gasteiger partial charge in [0.2, 0.25) is 0 Å². The molecule has 0 amide bonds. The largest absolute Gasteiger partial charge is 0.453 e. The smallest absolute Gasteiger partial charge is 0.159 e. The number of rotatable bonds is 8. The summed E-state index contributed by atoms with van der Waals surface area (Å²) in [6, 6.07) is 78.0. The van der Waals surface area contributed by atoms with E-state index in [-0.39, 0.29) is 0 Å². The molecule has 0 bridgehead atoms. The highest BCUT2D eigenvalue weighted by molar-refractivity contribution is 6.17. The van der Waals surface area contributed by atoms with E-state index in [9.17, 15) is 0 Å². The van der Waals surface area contributed by atoms with Gasteiger partial charge in [0.15, 0.2) is 11.2 Å². The Balaban J connectivity index is 0.969. The Bertz CT molecular complexity index is 4010. The molecule has 2 aromatic heterocycles. The lowest BCUT2D eigenvalue weighted by Crippen LogP contribution is -2.20. The van der Waals surface area contributed by atoms with Gasteiger partial charge in [0.1, 0.15) is 11.2 Å². The Kier molecular flexibility index (Phi) is 8.68. The molecule has 0 spiro atoms. The number of anilines is 5. The Morgan fingerprint density at radius 2 is 0.824 bits per heavy atom. The lowest BCUT2D eigenvalue weighted by atomic mass is 9.79. The molecule has 14 rings (SSSR count). The highest BCUT2D eigenvalue weighted by atomic mass is 16.3. The van der Waals surface area contributed by atoms with E-state index in [1.54, 1.807) is 0 Å². The number of allylic oxidation sites excluding steroid dienone is 3. The van der Waals surface area contributed by atoms with Gasteiger partial charge in [-0.2, -0.15) is 0 Å². The lowest BCUT2D eigenvalue weighted by Gasteiger charge is -2.35. The van der Waals surface area contributed by atoms with Crippen molar-refractivity contribution in [3.63, 3.8) is 0 Å². The van der Waals surface area contributed by atoms with Crippen LogP contribution in [0.3, 0.4) is 0 Å². The van der Waals surface area contributed by atoms with Crippen LogP contribution < -0.4 is 9.80 Å². The molecular weight excluding hydrogens is 829 g/mol. The van der Waals surface area contributed by atoms with Gasteiger partial charge in [0, 0.05) is 49.6 Å². The van der Waals surface area contributed by atoms with Crippen molar-refractivity contribution in [3.05, 3.63) is 247 Å². The van der Waals surface area contributed by atoms with Crippen molar-refractivity contribution in [3.8, 4) is 22.3 Å². The van der Waals surface area contributed by atoms with E-state index in [0.717, 1.165) is 113 Å². The zero-order chi connectivity index (χ0) is 44.7. The number of nitrogens with zero attached hydrogens (tertiary/aromatic N) is 2. The van der Waals surface area contributed by atoms with Crippen molar-refractivity contribution in [2.45, 2.75) is 12.8 Å². The summed E-state index contributed by atoms with van der Waals surface area (Å²) in [6.45, 7) is 0. The number of para-hydroxylation sites is 6. The fourth-order valence-electron chi connectivity index (χ4n) is 11.1. The summed E-state index contributed by atoms with van der Waals surface area (Å²) in [4.78, 5) is 4.84. The maximum atomic E-state index is 7.08. The van der Waals surface area contributed by atoms with Crippen molar-refractivity contribution < 1.29 is 8.83 Å². The summed E-state index contributed by atoms with van der Waals surface area (Å²) in [5.74, 6) is 0. The maximum absolute atomic E-state index is 7.08. The van der Waals surface area contributed by atoms with E-state index in [1.807, 2.05) is 0 Å². The molecule has 68 heavy (non-hydrogen) atoms. The molecule has 0 saturated carbocycles. The van der Waals surface area contributed by atoms with Gasteiger partial charge < -0.3 is 18.6 Å². The minimum atomic E-state index is 0.809. The van der Waals surface area contributed by atoms with Crippen LogP contribution in [0.25, 0.3) is 88.2 Å². The number of benzene rings is 10. The fraction of sp³-hybridized carbons (Fsp3) is 0.0312. The van der Waals surface area contributed by atoms with Gasteiger partial charge in [0.05, 0.1) is 22.8 Å². The standard InChI is InChI=1S/C64H42N2O2/c1-5-17-41(18-6-1)47-25-13-27-49-51-29-15-31-57(63(51)67-61(47)49)65(45-21-9-3-10-22-45)55-39-35-43-34-38-54-56(40-36-44-33-37-53(55)59(43)60(44)54)66(46-23-11-4-12-24-46)58-32-16-30-52-50-28-14-26-48(62(50)68-64(52)58)42-19-7-2-8-20-42/h1-35,38-40H,36-37H2. The van der Waals surface area contributed by atoms with Crippen LogP contribution in [0, 0.1) is 0 Å². The van der Waals surface area contributed by atoms with Crippen LogP contribution in [-0.2, 0) is 6.42 Å². The molecule has 2 heterocycles. The molecule has 12 aromatic rings. The van der Waals surface area contributed by atoms with E-state index in [2.05, 4.69) is 240 Å². The molecular formula is C64H42N2O2. The highest BCUT2D eigenvalue weighted by Gasteiger charge is 2.32. The number of hydrogen-bond acceptors (Lipinski definition) is 4. The Morgan fingerprint density at radius 1 is 0.338 bits per heavy atom. The fourth-order valence-corrected chi connectivity index (χ4v) is 11.1. The molecule has 320 valence electrons. The Labute approximate surface area is 393 Å². The number of hydrogen-bond donors (Lipinski definition) is 0. The average molecular weight is 871 g/mol. The van der Waals surface area contributed by atoms with Crippen molar-refractivity contribution in [1.29, 1.82) is 0 Å². The van der Waals surface area contributed by atoms with Gasteiger partial charge >= 0.3 is 0 Å². The Hall–Kier alpha value is -8.86. The highest BCUT2D eigenvalue weighted by Crippen LogP contribution is 2.52. The second-order valence-corrected chi connectivity index (χ2v) is 17.8. The second-order valence-electron chi connectivity index (χ2n) is 17.8. The van der Waals surface area contributed by atoms with Crippen molar-refractivity contribution in [2.24, 2.45) is 0 Å². The summed E-state index contributed by atoms with van der Waals surface area (Å²) in [5.41, 5.74) is 19.6. The van der Waals surface area contributed by atoms with E-state index in [1.165, 1.54) is 33.0 Å². The molecule has 0 aliphatic heterocycles. The van der Waals surface area contributed by atoms with E-state index >= 15 is 0 Å². The van der Waals surface area contributed by atoms with Gasteiger partial charge in [-0.15, -0.1) is 0 Å². The van der Waals surface area contributed by atoms with Gasteiger partial charge in [0.25, 0.3) is 0 Å². The van der Waals surface area contributed by atoms with Gasteiger partial charge in [-0.25, -0.2) is 0 Å². The van der Waals surface area contributed by atoms with E-state index in [0.29, 0.717) is 0 Å². The van der Waals surface area contributed by atoms with Gasteiger partial charge in [-0.3, -0.25) is 0 Å². The first-order valence-electron chi connectivity index (χ1n) is 23.4. The molecule has 0 atom stereocenters. The predicted octanol–water partition coefficient (Wildman–Crippen LogP) is 18.0. The molecule has 4 nitrogen and oxygen atoms in total. The van der Waals surface area contributed by atoms with Crippen LogP contribution in [0.5, 0.6) is 0 Å². The SMILES string of the molecule is C1=C2CC=C(N(c3ccccc3)c3cccc4c3oc3c(-c5ccccc5)cccc34)c3ccc4ccc(N(c5ccccc5)c5cccc6c5oc5c(-c7ccccc7)cccc56)c(c4c32)C1. The van der Waals surface area contributed by atoms with Crippen LogP contribution in [0.1, 0.15) is 23.1 Å². The third kappa shape index (κ3) is 5.87. The molecule has 10 aromatic carbocycles. The summed E-state index contributed by atoms with van der Waals surface area (Å²) in [7, 11) is 0. The van der Waals surface area contributed by atoms with Gasteiger partial charge in [-0.1, -0.05) is 188 Å². The molecule has 0 radical (unpaired) electrons. The molecule has 0 fully saturated rings. The number of fused-ring (bicyclic) bond motifs is 6. The Morgan fingerprint density at radius 3 is 1.40 bits per heavy atom. The minimum Gasteiger partial charge on any atom is -0.453 e. The summed E-state index contributed by atoms with van der Waals surface area (Å²) < 4.78 is 14.2. The van der Waals surface area contributed by atoms with Gasteiger partial charge in [-0.05, 0) is 93.9 Å². The van der Waals surface area contributed by atoms with Crippen molar-refractivity contribution in [1.82, 2.24) is 0 Å².